The number of likely N-dealkylation sites (N-methyl/N-ethyl adjacent to an activating group) is 1. The van der Waals surface area contributed by atoms with E-state index in [1.165, 1.54) is 5.56 Å². The van der Waals surface area contributed by atoms with Crippen LogP contribution in [0.25, 0.3) is 22.1 Å². The van der Waals surface area contributed by atoms with Crippen molar-refractivity contribution in [3.8, 4) is 11.1 Å². The molecule has 38 heavy (non-hydrogen) atoms. The number of piperazine rings is 1. The molecule has 2 fully saturated rings. The third-order valence-corrected chi connectivity index (χ3v) is 8.73. The Kier molecular flexibility index (Phi) is 6.23. The Morgan fingerprint density at radius 1 is 1.11 bits per heavy atom. The standard InChI is InChI=1S/C31H37N5O2/c1-20-14-31(15-20,30-33-32-19-35(30)5)25-8-6-7-24(13-25)27-18-38-29-21(2)11-23(12-26(29)28(27)37)17-36-10-9-34(4)16-22(36)3/h6-8,11-13,18-20,22H,9-10,14-17H2,1-5H3/t20?,22-,31?/m0/s1. The van der Waals surface area contributed by atoms with Gasteiger partial charge in [0, 0.05) is 39.3 Å². The van der Waals surface area contributed by atoms with Crippen molar-refractivity contribution < 1.29 is 4.42 Å². The molecule has 2 aromatic heterocycles. The minimum absolute atomic E-state index is 0.0226. The van der Waals surface area contributed by atoms with Crippen LogP contribution < -0.4 is 5.43 Å². The first kappa shape index (κ1) is 25.0. The van der Waals surface area contributed by atoms with Crippen LogP contribution in [0.3, 0.4) is 0 Å². The molecule has 4 aromatic rings. The fourth-order valence-corrected chi connectivity index (χ4v) is 6.81. The fourth-order valence-electron chi connectivity index (χ4n) is 6.81. The molecule has 2 aromatic carbocycles. The average Bonchev–Trinajstić information content (AvgIpc) is 3.30. The van der Waals surface area contributed by atoms with Crippen molar-refractivity contribution in [1.82, 2.24) is 24.6 Å². The van der Waals surface area contributed by atoms with Crippen molar-refractivity contribution in [2.75, 3.05) is 26.7 Å². The van der Waals surface area contributed by atoms with Gasteiger partial charge < -0.3 is 13.9 Å². The molecule has 198 valence electrons. The molecular formula is C31H37N5O2. The highest BCUT2D eigenvalue weighted by atomic mass is 16.3. The van der Waals surface area contributed by atoms with E-state index in [-0.39, 0.29) is 10.8 Å². The lowest BCUT2D eigenvalue weighted by Crippen LogP contribution is -2.49. The highest BCUT2D eigenvalue weighted by Crippen LogP contribution is 2.51. The predicted molar refractivity (Wildman–Crippen MR) is 150 cm³/mol. The summed E-state index contributed by atoms with van der Waals surface area (Å²) in [6, 6.07) is 13.1. The second kappa shape index (κ2) is 9.47. The molecule has 2 aliphatic rings. The molecule has 0 bridgehead atoms. The maximum absolute atomic E-state index is 13.9. The van der Waals surface area contributed by atoms with E-state index in [0.717, 1.165) is 61.5 Å². The highest BCUT2D eigenvalue weighted by Gasteiger charge is 2.48. The van der Waals surface area contributed by atoms with Crippen LogP contribution in [0.5, 0.6) is 0 Å². The maximum Gasteiger partial charge on any atom is 0.200 e. The number of rotatable bonds is 5. The van der Waals surface area contributed by atoms with Gasteiger partial charge in [-0.25, -0.2) is 0 Å². The highest BCUT2D eigenvalue weighted by molar-refractivity contribution is 5.84. The minimum Gasteiger partial charge on any atom is -0.463 e. The van der Waals surface area contributed by atoms with Crippen molar-refractivity contribution in [3.05, 3.63) is 81.7 Å². The number of aryl methyl sites for hydroxylation is 2. The van der Waals surface area contributed by atoms with Gasteiger partial charge in [-0.2, -0.15) is 0 Å². The Bertz CT molecular complexity index is 1550. The van der Waals surface area contributed by atoms with E-state index >= 15 is 0 Å². The number of hydrogen-bond acceptors (Lipinski definition) is 6. The second-order valence-corrected chi connectivity index (χ2v) is 11.8. The molecule has 0 radical (unpaired) electrons. The Labute approximate surface area is 224 Å². The molecule has 0 amide bonds. The lowest BCUT2D eigenvalue weighted by atomic mass is 9.58. The molecule has 1 saturated carbocycles. The van der Waals surface area contributed by atoms with Gasteiger partial charge >= 0.3 is 0 Å². The summed E-state index contributed by atoms with van der Waals surface area (Å²) in [6.07, 6.45) is 5.44. The van der Waals surface area contributed by atoms with Crippen molar-refractivity contribution in [1.29, 1.82) is 0 Å². The van der Waals surface area contributed by atoms with Crippen molar-refractivity contribution in [3.63, 3.8) is 0 Å². The maximum atomic E-state index is 13.9. The molecule has 7 heteroatoms. The van der Waals surface area contributed by atoms with Crippen molar-refractivity contribution >= 4 is 11.0 Å². The smallest absolute Gasteiger partial charge is 0.200 e. The van der Waals surface area contributed by atoms with E-state index < -0.39 is 0 Å². The molecule has 1 saturated heterocycles. The molecule has 1 aliphatic heterocycles. The summed E-state index contributed by atoms with van der Waals surface area (Å²) in [4.78, 5) is 18.8. The van der Waals surface area contributed by atoms with Gasteiger partial charge in [-0.15, -0.1) is 10.2 Å². The van der Waals surface area contributed by atoms with Gasteiger partial charge in [0.25, 0.3) is 0 Å². The third kappa shape index (κ3) is 4.18. The Morgan fingerprint density at radius 2 is 1.92 bits per heavy atom. The van der Waals surface area contributed by atoms with E-state index in [1.807, 2.05) is 36.7 Å². The third-order valence-electron chi connectivity index (χ3n) is 8.73. The molecule has 3 heterocycles. The first-order valence-electron chi connectivity index (χ1n) is 13.7. The van der Waals surface area contributed by atoms with Crippen LogP contribution >= 0.6 is 0 Å². The molecule has 0 spiro atoms. The van der Waals surface area contributed by atoms with Crippen LogP contribution in [-0.4, -0.2) is 57.3 Å². The van der Waals surface area contributed by atoms with Crippen LogP contribution in [0.15, 0.2) is 58.2 Å². The van der Waals surface area contributed by atoms with E-state index in [9.17, 15) is 4.79 Å². The number of fused-ring (bicyclic) bond motifs is 1. The van der Waals surface area contributed by atoms with Gasteiger partial charge in [0.2, 0.25) is 5.43 Å². The summed E-state index contributed by atoms with van der Waals surface area (Å²) in [7, 11) is 4.18. The normalized spacial score (nSPS) is 24.6. The molecule has 1 aliphatic carbocycles. The molecule has 0 N–H and O–H groups in total. The summed E-state index contributed by atoms with van der Waals surface area (Å²) in [5.74, 6) is 1.60. The first-order chi connectivity index (χ1) is 18.2. The predicted octanol–water partition coefficient (Wildman–Crippen LogP) is 4.75. The molecule has 1 atom stereocenters. The Hall–Kier alpha value is -3.29. The lowest BCUT2D eigenvalue weighted by molar-refractivity contribution is 0.0938. The van der Waals surface area contributed by atoms with Crippen molar-refractivity contribution in [2.24, 2.45) is 13.0 Å². The van der Waals surface area contributed by atoms with Crippen LogP contribution in [0, 0.1) is 12.8 Å². The number of aromatic nitrogens is 3. The molecular weight excluding hydrogens is 474 g/mol. The number of nitrogens with zero attached hydrogens (tertiary/aromatic N) is 5. The summed E-state index contributed by atoms with van der Waals surface area (Å²) < 4.78 is 8.14. The van der Waals surface area contributed by atoms with E-state index in [0.29, 0.717) is 28.5 Å². The quantitative estimate of drug-likeness (QED) is 0.385. The Morgan fingerprint density at radius 3 is 2.63 bits per heavy atom. The van der Waals surface area contributed by atoms with E-state index in [2.05, 4.69) is 59.1 Å². The minimum atomic E-state index is -0.180. The molecule has 6 rings (SSSR count). The largest absolute Gasteiger partial charge is 0.463 e. The van der Waals surface area contributed by atoms with Crippen LogP contribution in [0.4, 0.5) is 0 Å². The van der Waals surface area contributed by atoms with Gasteiger partial charge in [-0.05, 0) is 74.0 Å². The lowest BCUT2D eigenvalue weighted by Gasteiger charge is -2.46. The topological polar surface area (TPSA) is 67.4 Å². The zero-order chi connectivity index (χ0) is 26.6. The second-order valence-electron chi connectivity index (χ2n) is 11.8. The van der Waals surface area contributed by atoms with Gasteiger partial charge in [-0.1, -0.05) is 31.2 Å². The summed E-state index contributed by atoms with van der Waals surface area (Å²) >= 11 is 0. The van der Waals surface area contributed by atoms with Crippen molar-refractivity contribution in [2.45, 2.75) is 51.6 Å². The van der Waals surface area contributed by atoms with Gasteiger partial charge in [0.05, 0.1) is 16.4 Å². The van der Waals surface area contributed by atoms with Crippen LogP contribution in [-0.2, 0) is 19.0 Å². The van der Waals surface area contributed by atoms with Crippen LogP contribution in [0.2, 0.25) is 0 Å². The van der Waals surface area contributed by atoms with E-state index in [1.54, 1.807) is 12.6 Å². The van der Waals surface area contributed by atoms with Gasteiger partial charge in [-0.3, -0.25) is 9.69 Å². The molecule has 7 nitrogen and oxygen atoms in total. The monoisotopic (exact) mass is 511 g/mol. The van der Waals surface area contributed by atoms with Gasteiger partial charge in [0.15, 0.2) is 0 Å². The number of benzene rings is 2. The average molecular weight is 512 g/mol. The SMILES string of the molecule is Cc1cc(CN2CCN(C)C[C@@H]2C)cc2c(=O)c(-c3cccc(C4(c5nncn5C)CC(C)C4)c3)coc12. The zero-order valence-electron chi connectivity index (χ0n) is 23.1. The number of hydrogen-bond donors (Lipinski definition) is 0. The summed E-state index contributed by atoms with van der Waals surface area (Å²) in [5.41, 5.74) is 5.34. The summed E-state index contributed by atoms with van der Waals surface area (Å²) in [5, 5.41) is 9.30. The fraction of sp³-hybridized carbons (Fsp3) is 0.452. The van der Waals surface area contributed by atoms with Crippen LogP contribution in [0.1, 0.15) is 49.2 Å². The van der Waals surface area contributed by atoms with E-state index in [4.69, 9.17) is 4.42 Å². The first-order valence-corrected chi connectivity index (χ1v) is 13.7. The Balaban J connectivity index is 1.38. The summed E-state index contributed by atoms with van der Waals surface area (Å²) in [6.45, 7) is 10.6. The van der Waals surface area contributed by atoms with Gasteiger partial charge in [0.1, 0.15) is 24.0 Å². The zero-order valence-corrected chi connectivity index (χ0v) is 23.1. The molecule has 0 unspecified atom stereocenters.